The van der Waals surface area contributed by atoms with Crippen molar-refractivity contribution in [3.05, 3.63) is 78.4 Å². The van der Waals surface area contributed by atoms with Gasteiger partial charge in [0.15, 0.2) is 0 Å². The Kier molecular flexibility index (Phi) is 5.15. The van der Waals surface area contributed by atoms with Gasteiger partial charge < -0.3 is 0 Å². The lowest BCUT2D eigenvalue weighted by molar-refractivity contribution is 0.619. The Bertz CT molecular complexity index is 578. The van der Waals surface area contributed by atoms with Crippen LogP contribution in [0.5, 0.6) is 0 Å². The van der Waals surface area contributed by atoms with Crippen molar-refractivity contribution in [1.82, 2.24) is 0 Å². The molecule has 0 fully saturated rings. The monoisotopic (exact) mass is 261 g/mol. The average molecular weight is 261 g/mol. The second kappa shape index (κ2) is 7.31. The Morgan fingerprint density at radius 2 is 1.60 bits per heavy atom. The Morgan fingerprint density at radius 3 is 2.20 bits per heavy atom. The largest absolute Gasteiger partial charge is 0.198 e. The smallest absolute Gasteiger partial charge is 0.0659 e. The van der Waals surface area contributed by atoms with Crippen LogP contribution < -0.4 is 0 Å². The predicted octanol–water partition coefficient (Wildman–Crippen LogP) is 4.86. The maximum absolute atomic E-state index is 9.31. The number of nitrogens with zero attached hydrogens (tertiary/aromatic N) is 1. The zero-order valence-corrected chi connectivity index (χ0v) is 11.6. The minimum atomic E-state index is 0.0305. The fourth-order valence-corrected chi connectivity index (χ4v) is 2.29. The summed E-state index contributed by atoms with van der Waals surface area (Å²) < 4.78 is 0. The van der Waals surface area contributed by atoms with E-state index in [0.29, 0.717) is 0 Å². The topological polar surface area (TPSA) is 23.8 Å². The van der Waals surface area contributed by atoms with Crippen LogP contribution in [0.3, 0.4) is 0 Å². The van der Waals surface area contributed by atoms with Gasteiger partial charge in [-0.2, -0.15) is 5.26 Å². The van der Waals surface area contributed by atoms with Crippen molar-refractivity contribution in [3.8, 4) is 6.07 Å². The highest BCUT2D eigenvalue weighted by atomic mass is 14.3. The molecule has 0 radical (unpaired) electrons. The van der Waals surface area contributed by atoms with Gasteiger partial charge in [0.25, 0.3) is 0 Å². The third kappa shape index (κ3) is 4.10. The summed E-state index contributed by atoms with van der Waals surface area (Å²) in [7, 11) is 0. The first-order valence-electron chi connectivity index (χ1n) is 6.96. The molecule has 0 heterocycles. The Morgan fingerprint density at radius 1 is 1.00 bits per heavy atom. The van der Waals surface area contributed by atoms with Crippen LogP contribution in [0.15, 0.2) is 67.2 Å². The van der Waals surface area contributed by atoms with Gasteiger partial charge in [0.2, 0.25) is 0 Å². The molecule has 0 aromatic heterocycles. The van der Waals surface area contributed by atoms with E-state index in [4.69, 9.17) is 0 Å². The number of rotatable bonds is 6. The van der Waals surface area contributed by atoms with E-state index in [1.54, 1.807) is 0 Å². The second-order valence-electron chi connectivity index (χ2n) is 5.02. The van der Waals surface area contributed by atoms with Gasteiger partial charge in [-0.1, -0.05) is 67.2 Å². The van der Waals surface area contributed by atoms with Crippen molar-refractivity contribution >= 4 is 5.57 Å². The predicted molar refractivity (Wildman–Crippen MR) is 84.0 cm³/mol. The van der Waals surface area contributed by atoms with Gasteiger partial charge >= 0.3 is 0 Å². The van der Waals surface area contributed by atoms with Gasteiger partial charge in [0, 0.05) is 0 Å². The van der Waals surface area contributed by atoms with E-state index < -0.39 is 0 Å². The van der Waals surface area contributed by atoms with Crippen LogP contribution in [0.1, 0.15) is 24.0 Å². The Hall–Kier alpha value is -2.33. The van der Waals surface area contributed by atoms with Crippen LogP contribution in [0.25, 0.3) is 5.57 Å². The second-order valence-corrected chi connectivity index (χ2v) is 5.02. The van der Waals surface area contributed by atoms with Crippen molar-refractivity contribution < 1.29 is 0 Å². The van der Waals surface area contributed by atoms with E-state index in [9.17, 15) is 5.26 Å². The molecule has 1 nitrogen and oxygen atoms in total. The molecule has 100 valence electrons. The zero-order chi connectivity index (χ0) is 14.2. The van der Waals surface area contributed by atoms with Gasteiger partial charge in [-0.15, -0.1) is 0 Å². The summed E-state index contributed by atoms with van der Waals surface area (Å²) in [5.41, 5.74) is 3.47. The minimum Gasteiger partial charge on any atom is -0.198 e. The minimum absolute atomic E-state index is 0.0305. The first-order valence-corrected chi connectivity index (χ1v) is 6.96. The van der Waals surface area contributed by atoms with Crippen molar-refractivity contribution in [2.24, 2.45) is 5.92 Å². The average Bonchev–Trinajstić information content (AvgIpc) is 2.53. The molecule has 2 aromatic rings. The van der Waals surface area contributed by atoms with Crippen LogP contribution in [0.4, 0.5) is 0 Å². The van der Waals surface area contributed by atoms with Gasteiger partial charge in [-0.05, 0) is 36.0 Å². The summed E-state index contributed by atoms with van der Waals surface area (Å²) in [4.78, 5) is 0. The Balaban J connectivity index is 1.90. The molecule has 1 unspecified atom stereocenters. The third-order valence-electron chi connectivity index (χ3n) is 3.48. The maximum atomic E-state index is 9.31. The summed E-state index contributed by atoms with van der Waals surface area (Å²) in [6, 6.07) is 22.8. The van der Waals surface area contributed by atoms with Gasteiger partial charge in [0.1, 0.15) is 0 Å². The third-order valence-corrected chi connectivity index (χ3v) is 3.48. The molecule has 20 heavy (non-hydrogen) atoms. The van der Waals surface area contributed by atoms with Crippen molar-refractivity contribution in [2.45, 2.75) is 19.3 Å². The number of hydrogen-bond donors (Lipinski definition) is 0. The molecular weight excluding hydrogens is 242 g/mol. The number of benzene rings is 2. The highest BCUT2D eigenvalue weighted by Crippen LogP contribution is 2.23. The first kappa shape index (κ1) is 14.1. The highest BCUT2D eigenvalue weighted by molar-refractivity contribution is 5.63. The molecule has 0 aliphatic carbocycles. The number of nitriles is 1. The van der Waals surface area contributed by atoms with Crippen molar-refractivity contribution in [2.75, 3.05) is 0 Å². The lowest BCUT2D eigenvalue weighted by Gasteiger charge is -2.11. The van der Waals surface area contributed by atoms with Crippen molar-refractivity contribution in [3.63, 3.8) is 0 Å². The molecule has 0 N–H and O–H groups in total. The molecule has 2 aromatic carbocycles. The molecule has 0 spiro atoms. The van der Waals surface area contributed by atoms with E-state index in [1.165, 1.54) is 5.56 Å². The number of allylic oxidation sites excluding steroid dienone is 1. The fraction of sp³-hybridized carbons (Fsp3) is 0.211. The molecule has 0 aliphatic heterocycles. The molecule has 2 rings (SSSR count). The quantitative estimate of drug-likeness (QED) is 0.728. The van der Waals surface area contributed by atoms with Gasteiger partial charge in [-0.3, -0.25) is 0 Å². The van der Waals surface area contributed by atoms with Crippen LogP contribution in [-0.4, -0.2) is 0 Å². The SMILES string of the molecule is C=C(CC(C#N)CCc1ccccc1)c1ccccc1. The van der Waals surface area contributed by atoms with Crippen LogP contribution >= 0.6 is 0 Å². The molecule has 0 saturated carbocycles. The summed E-state index contributed by atoms with van der Waals surface area (Å²) >= 11 is 0. The molecule has 1 heteroatoms. The lowest BCUT2D eigenvalue weighted by Crippen LogP contribution is -2.01. The molecule has 0 saturated heterocycles. The molecule has 1 atom stereocenters. The fourth-order valence-electron chi connectivity index (χ4n) is 2.29. The van der Waals surface area contributed by atoms with E-state index in [-0.39, 0.29) is 5.92 Å². The maximum Gasteiger partial charge on any atom is 0.0659 e. The van der Waals surface area contributed by atoms with Crippen LogP contribution in [0.2, 0.25) is 0 Å². The first-order chi connectivity index (χ1) is 9.79. The summed E-state index contributed by atoms with van der Waals surface area (Å²) in [5, 5.41) is 9.31. The molecule has 0 bridgehead atoms. The highest BCUT2D eigenvalue weighted by Gasteiger charge is 2.10. The summed E-state index contributed by atoms with van der Waals surface area (Å²) in [6.07, 6.45) is 2.57. The Labute approximate surface area is 121 Å². The standard InChI is InChI=1S/C19H19N/c1-16(19-10-6-3-7-11-19)14-18(15-20)13-12-17-8-4-2-5-9-17/h2-11,18H,1,12-14H2. The summed E-state index contributed by atoms with van der Waals surface area (Å²) in [6.45, 7) is 4.12. The van der Waals surface area contributed by atoms with E-state index in [2.05, 4.69) is 24.8 Å². The molecular formula is C19H19N. The zero-order valence-electron chi connectivity index (χ0n) is 11.6. The van der Waals surface area contributed by atoms with Gasteiger partial charge in [0.05, 0.1) is 12.0 Å². The van der Waals surface area contributed by atoms with E-state index in [1.807, 2.05) is 48.5 Å². The molecule has 0 aliphatic rings. The van der Waals surface area contributed by atoms with Crippen LogP contribution in [-0.2, 0) is 6.42 Å². The number of aryl methyl sites for hydroxylation is 1. The lowest BCUT2D eigenvalue weighted by atomic mass is 9.92. The normalized spacial score (nSPS) is 11.6. The van der Waals surface area contributed by atoms with E-state index in [0.717, 1.165) is 30.4 Å². The van der Waals surface area contributed by atoms with Crippen molar-refractivity contribution in [1.29, 1.82) is 5.26 Å². The number of hydrogen-bond acceptors (Lipinski definition) is 1. The molecule has 0 amide bonds. The van der Waals surface area contributed by atoms with E-state index >= 15 is 0 Å². The summed E-state index contributed by atoms with van der Waals surface area (Å²) in [5.74, 6) is 0.0305. The van der Waals surface area contributed by atoms with Crippen LogP contribution in [0, 0.1) is 17.2 Å². The van der Waals surface area contributed by atoms with Gasteiger partial charge in [-0.25, -0.2) is 0 Å².